The van der Waals surface area contributed by atoms with E-state index in [1.807, 2.05) is 6.07 Å². The first-order valence-corrected chi connectivity index (χ1v) is 7.87. The van der Waals surface area contributed by atoms with Crippen LogP contribution in [0.2, 0.25) is 0 Å². The zero-order valence-electron chi connectivity index (χ0n) is 13.7. The topological polar surface area (TPSA) is 45.7 Å². The smallest absolute Gasteiger partial charge is 0.191 e. The van der Waals surface area contributed by atoms with Gasteiger partial charge in [0.05, 0.1) is 0 Å². The van der Waals surface area contributed by atoms with E-state index in [4.69, 9.17) is 4.74 Å². The number of aliphatic imine (C=N–C) groups is 1. The molecular formula is C17H26FN3O. The first kappa shape index (κ1) is 16.7. The maximum Gasteiger partial charge on any atom is 0.191 e. The van der Waals surface area contributed by atoms with Gasteiger partial charge >= 0.3 is 0 Å². The van der Waals surface area contributed by atoms with E-state index in [2.05, 4.69) is 29.5 Å². The highest BCUT2D eigenvalue weighted by Gasteiger charge is 2.34. The lowest BCUT2D eigenvalue weighted by molar-refractivity contribution is 0.0512. The van der Waals surface area contributed by atoms with Gasteiger partial charge in [0.15, 0.2) is 5.96 Å². The Bertz CT molecular complexity index is 510. The van der Waals surface area contributed by atoms with E-state index in [1.165, 1.54) is 6.07 Å². The van der Waals surface area contributed by atoms with Gasteiger partial charge < -0.3 is 15.4 Å². The third-order valence-corrected chi connectivity index (χ3v) is 4.13. The molecule has 1 aromatic carbocycles. The lowest BCUT2D eigenvalue weighted by Crippen LogP contribution is -2.49. The number of rotatable bonds is 4. The van der Waals surface area contributed by atoms with Gasteiger partial charge in [0.25, 0.3) is 0 Å². The van der Waals surface area contributed by atoms with Gasteiger partial charge in [-0.3, -0.25) is 4.99 Å². The Morgan fingerprint density at radius 3 is 2.68 bits per heavy atom. The van der Waals surface area contributed by atoms with Crippen LogP contribution < -0.4 is 10.6 Å². The highest BCUT2D eigenvalue weighted by Crippen LogP contribution is 2.34. The fraction of sp³-hybridized carbons (Fsp3) is 0.588. The van der Waals surface area contributed by atoms with E-state index < -0.39 is 0 Å². The van der Waals surface area contributed by atoms with Crippen molar-refractivity contribution >= 4 is 5.96 Å². The van der Waals surface area contributed by atoms with Crippen LogP contribution in [0.3, 0.4) is 0 Å². The fourth-order valence-corrected chi connectivity index (χ4v) is 2.87. The van der Waals surface area contributed by atoms with Crippen LogP contribution in [-0.4, -0.2) is 38.8 Å². The molecule has 0 unspecified atom stereocenters. The van der Waals surface area contributed by atoms with E-state index in [0.29, 0.717) is 25.8 Å². The van der Waals surface area contributed by atoms with Crippen LogP contribution >= 0.6 is 0 Å². The van der Waals surface area contributed by atoms with Crippen molar-refractivity contribution in [3.63, 3.8) is 0 Å². The van der Waals surface area contributed by atoms with E-state index in [9.17, 15) is 4.39 Å². The summed E-state index contributed by atoms with van der Waals surface area (Å²) in [6.07, 6.45) is 1.75. The molecule has 1 heterocycles. The van der Waals surface area contributed by atoms with Gasteiger partial charge in [-0.05, 0) is 44.4 Å². The molecule has 1 fully saturated rings. The highest BCUT2D eigenvalue weighted by molar-refractivity contribution is 5.80. The van der Waals surface area contributed by atoms with Crippen LogP contribution in [0.4, 0.5) is 4.39 Å². The molecule has 2 rings (SSSR count). The second-order valence-electron chi connectivity index (χ2n) is 6.13. The predicted octanol–water partition coefficient (Wildman–Crippen LogP) is 2.45. The Hall–Kier alpha value is -1.62. The molecule has 0 aliphatic carbocycles. The summed E-state index contributed by atoms with van der Waals surface area (Å²) in [7, 11) is 1.76. The summed E-state index contributed by atoms with van der Waals surface area (Å²) in [6, 6.07) is 7.23. The summed E-state index contributed by atoms with van der Waals surface area (Å²) >= 11 is 0. The molecule has 1 saturated heterocycles. The largest absolute Gasteiger partial charge is 0.381 e. The van der Waals surface area contributed by atoms with Gasteiger partial charge in [0.1, 0.15) is 5.82 Å². The van der Waals surface area contributed by atoms with Crippen molar-refractivity contribution in [3.05, 3.63) is 35.6 Å². The molecule has 0 bridgehead atoms. The normalized spacial score (nSPS) is 18.3. The highest BCUT2D eigenvalue weighted by atomic mass is 19.1. The average molecular weight is 307 g/mol. The van der Waals surface area contributed by atoms with E-state index in [0.717, 1.165) is 24.4 Å². The monoisotopic (exact) mass is 307 g/mol. The number of nitrogens with one attached hydrogen (secondary N) is 2. The molecule has 1 aliphatic rings. The number of hydrogen-bond acceptors (Lipinski definition) is 2. The van der Waals surface area contributed by atoms with Gasteiger partial charge in [0.2, 0.25) is 0 Å². The van der Waals surface area contributed by atoms with E-state index in [1.54, 1.807) is 19.2 Å². The Morgan fingerprint density at radius 2 is 2.09 bits per heavy atom. The Kier molecular flexibility index (Phi) is 5.77. The molecule has 0 spiro atoms. The molecule has 2 N–H and O–H groups in total. The zero-order valence-corrected chi connectivity index (χ0v) is 13.7. The third kappa shape index (κ3) is 4.19. The van der Waals surface area contributed by atoms with Crippen molar-refractivity contribution in [2.75, 3.05) is 26.8 Å². The minimum Gasteiger partial charge on any atom is -0.381 e. The third-order valence-electron chi connectivity index (χ3n) is 4.13. The Labute approximate surface area is 132 Å². The second-order valence-corrected chi connectivity index (χ2v) is 6.13. The minimum absolute atomic E-state index is 0.116. The van der Waals surface area contributed by atoms with Gasteiger partial charge in [-0.25, -0.2) is 4.39 Å². The molecule has 1 aromatic rings. The molecule has 4 nitrogen and oxygen atoms in total. The molecule has 0 atom stereocenters. The average Bonchev–Trinajstić information content (AvgIpc) is 2.52. The van der Waals surface area contributed by atoms with Gasteiger partial charge in [-0.1, -0.05) is 12.1 Å². The maximum absolute atomic E-state index is 13.6. The number of hydrogen-bond donors (Lipinski definition) is 2. The van der Waals surface area contributed by atoms with Crippen LogP contribution in [-0.2, 0) is 10.2 Å². The second kappa shape index (κ2) is 7.58. The lowest BCUT2D eigenvalue weighted by Gasteiger charge is -2.38. The summed E-state index contributed by atoms with van der Waals surface area (Å²) in [6.45, 7) is 6.27. The van der Waals surface area contributed by atoms with Gasteiger partial charge in [-0.15, -0.1) is 0 Å². The molecule has 0 radical (unpaired) electrons. The summed E-state index contributed by atoms with van der Waals surface area (Å²) in [5.74, 6) is 0.588. The summed E-state index contributed by atoms with van der Waals surface area (Å²) in [4.78, 5) is 4.24. The van der Waals surface area contributed by atoms with E-state index >= 15 is 0 Å². The standard InChI is InChI=1S/C17H26FN3O/c1-13(2)21-16(19-3)20-12-17(7-9-22-10-8-17)14-5-4-6-15(18)11-14/h4-6,11,13H,7-10,12H2,1-3H3,(H2,19,20,21). The molecule has 0 amide bonds. The minimum atomic E-state index is -0.187. The van der Waals surface area contributed by atoms with Crippen LogP contribution in [0.5, 0.6) is 0 Å². The van der Waals surface area contributed by atoms with Crippen molar-refractivity contribution in [2.45, 2.75) is 38.1 Å². The summed E-state index contributed by atoms with van der Waals surface area (Å²) < 4.78 is 19.1. The molecule has 1 aliphatic heterocycles. The molecule has 22 heavy (non-hydrogen) atoms. The number of nitrogens with zero attached hydrogens (tertiary/aromatic N) is 1. The van der Waals surface area contributed by atoms with Crippen molar-refractivity contribution in [1.29, 1.82) is 0 Å². The number of benzene rings is 1. The summed E-state index contributed by atoms with van der Waals surface area (Å²) in [5.41, 5.74) is 0.915. The first-order valence-electron chi connectivity index (χ1n) is 7.87. The first-order chi connectivity index (χ1) is 10.6. The van der Waals surface area contributed by atoms with Gasteiger partial charge in [-0.2, -0.15) is 0 Å². The van der Waals surface area contributed by atoms with Crippen LogP contribution in [0.25, 0.3) is 0 Å². The Balaban J connectivity index is 2.16. The van der Waals surface area contributed by atoms with Crippen molar-refractivity contribution in [3.8, 4) is 0 Å². The molecule has 0 aromatic heterocycles. The van der Waals surface area contributed by atoms with Crippen LogP contribution in [0.1, 0.15) is 32.3 Å². The number of guanidine groups is 1. The van der Waals surface area contributed by atoms with Crippen molar-refractivity contribution < 1.29 is 9.13 Å². The number of halogens is 1. The molecular weight excluding hydrogens is 281 g/mol. The maximum atomic E-state index is 13.6. The SMILES string of the molecule is CN=C(NCC1(c2cccc(F)c2)CCOCC1)NC(C)C. The molecule has 122 valence electrons. The quantitative estimate of drug-likeness (QED) is 0.663. The van der Waals surface area contributed by atoms with E-state index in [-0.39, 0.29) is 11.2 Å². The zero-order chi connectivity index (χ0) is 16.0. The molecule has 5 heteroatoms. The van der Waals surface area contributed by atoms with Gasteiger partial charge in [0, 0.05) is 38.3 Å². The molecule has 0 saturated carbocycles. The predicted molar refractivity (Wildman–Crippen MR) is 87.8 cm³/mol. The van der Waals surface area contributed by atoms with Crippen LogP contribution in [0.15, 0.2) is 29.3 Å². The fourth-order valence-electron chi connectivity index (χ4n) is 2.87. The van der Waals surface area contributed by atoms with Crippen molar-refractivity contribution in [1.82, 2.24) is 10.6 Å². The lowest BCUT2D eigenvalue weighted by atomic mass is 9.74. The summed E-state index contributed by atoms with van der Waals surface area (Å²) in [5, 5.41) is 6.67. The van der Waals surface area contributed by atoms with Crippen molar-refractivity contribution in [2.24, 2.45) is 4.99 Å². The number of ether oxygens (including phenoxy) is 1. The van der Waals surface area contributed by atoms with Crippen LogP contribution in [0, 0.1) is 5.82 Å². The Morgan fingerprint density at radius 1 is 1.36 bits per heavy atom.